The number of hydrogen-bond donors (Lipinski definition) is 2. The van der Waals surface area contributed by atoms with Gasteiger partial charge in [-0.1, -0.05) is 42.5 Å². The molecule has 128 valence electrons. The zero-order valence-corrected chi connectivity index (χ0v) is 14.5. The first kappa shape index (κ1) is 17.0. The summed E-state index contributed by atoms with van der Waals surface area (Å²) in [7, 11) is 0. The minimum atomic E-state index is -0.267. The molecule has 0 aliphatic rings. The molecule has 1 heterocycles. The first-order valence-corrected chi connectivity index (χ1v) is 8.27. The van der Waals surface area contributed by atoms with Gasteiger partial charge in [0.05, 0.1) is 12.6 Å². The topological polar surface area (TPSA) is 54.8 Å². The lowest BCUT2D eigenvalue weighted by atomic mass is 10.1. The van der Waals surface area contributed by atoms with Gasteiger partial charge in [0.1, 0.15) is 12.1 Å². The van der Waals surface area contributed by atoms with E-state index in [0.29, 0.717) is 17.6 Å². The van der Waals surface area contributed by atoms with E-state index in [9.17, 15) is 4.39 Å². The summed E-state index contributed by atoms with van der Waals surface area (Å²) < 4.78 is 14.9. The van der Waals surface area contributed by atoms with Crippen molar-refractivity contribution in [2.75, 3.05) is 5.32 Å². The zero-order chi connectivity index (χ0) is 17.6. The second-order valence-electron chi connectivity index (χ2n) is 5.63. The Bertz CT molecular complexity index is 849. The van der Waals surface area contributed by atoms with Gasteiger partial charge in [-0.15, -0.1) is 5.10 Å². The highest BCUT2D eigenvalue weighted by molar-refractivity contribution is 7.80. The number of rotatable bonds is 5. The number of nitrogens with one attached hydrogen (secondary N) is 2. The van der Waals surface area contributed by atoms with E-state index < -0.39 is 0 Å². The van der Waals surface area contributed by atoms with Crippen molar-refractivity contribution in [1.82, 2.24) is 20.1 Å². The Morgan fingerprint density at radius 2 is 2.00 bits per heavy atom. The summed E-state index contributed by atoms with van der Waals surface area (Å²) in [6, 6.07) is 16.5. The summed E-state index contributed by atoms with van der Waals surface area (Å²) in [5, 5.41) is 10.9. The second-order valence-corrected chi connectivity index (χ2v) is 6.03. The van der Waals surface area contributed by atoms with E-state index in [1.807, 2.05) is 43.3 Å². The molecule has 2 aromatic carbocycles. The number of nitrogens with zero attached hydrogens (tertiary/aromatic N) is 3. The maximum absolute atomic E-state index is 13.2. The molecule has 0 aliphatic heterocycles. The molecule has 0 fully saturated rings. The third-order valence-electron chi connectivity index (χ3n) is 3.64. The molecule has 7 heteroatoms. The van der Waals surface area contributed by atoms with Crippen molar-refractivity contribution < 1.29 is 4.39 Å². The zero-order valence-electron chi connectivity index (χ0n) is 13.7. The predicted molar refractivity (Wildman–Crippen MR) is 99.7 cm³/mol. The van der Waals surface area contributed by atoms with Gasteiger partial charge < -0.3 is 5.32 Å². The van der Waals surface area contributed by atoms with Gasteiger partial charge in [0, 0.05) is 0 Å². The Morgan fingerprint density at radius 3 is 2.76 bits per heavy atom. The Balaban J connectivity index is 1.56. The molecule has 3 aromatic rings. The molecule has 0 spiro atoms. The van der Waals surface area contributed by atoms with Gasteiger partial charge in [0.15, 0.2) is 5.11 Å². The van der Waals surface area contributed by atoms with Crippen LogP contribution in [0.4, 0.5) is 10.3 Å². The Morgan fingerprint density at radius 1 is 1.20 bits per heavy atom. The fourth-order valence-corrected chi connectivity index (χ4v) is 2.68. The summed E-state index contributed by atoms with van der Waals surface area (Å²) in [6.45, 7) is 2.46. The van der Waals surface area contributed by atoms with Crippen molar-refractivity contribution in [2.24, 2.45) is 0 Å². The Labute approximate surface area is 150 Å². The van der Waals surface area contributed by atoms with Gasteiger partial charge in [-0.3, -0.25) is 5.32 Å². The van der Waals surface area contributed by atoms with E-state index in [-0.39, 0.29) is 11.9 Å². The number of halogens is 1. The molecule has 0 saturated heterocycles. The predicted octanol–water partition coefficient (Wildman–Crippen LogP) is 3.51. The molecule has 2 N–H and O–H groups in total. The fourth-order valence-electron chi connectivity index (χ4n) is 2.41. The Hall–Kier alpha value is -2.80. The number of hydrogen-bond acceptors (Lipinski definition) is 3. The summed E-state index contributed by atoms with van der Waals surface area (Å²) >= 11 is 5.31. The molecule has 25 heavy (non-hydrogen) atoms. The van der Waals surface area contributed by atoms with Gasteiger partial charge in [0.25, 0.3) is 0 Å². The fraction of sp³-hybridized carbons (Fsp3) is 0.167. The lowest BCUT2D eigenvalue weighted by molar-refractivity contribution is 0.619. The number of anilines is 1. The van der Waals surface area contributed by atoms with Gasteiger partial charge in [0.2, 0.25) is 5.95 Å². The molecule has 5 nitrogen and oxygen atoms in total. The number of aromatic nitrogens is 3. The SMILES string of the molecule is CC(NC(=S)Nc1ncn(Cc2cccc(F)c2)n1)c1ccccc1. The number of benzene rings is 2. The van der Waals surface area contributed by atoms with Crippen molar-refractivity contribution in [3.05, 3.63) is 77.9 Å². The maximum atomic E-state index is 13.2. The Kier molecular flexibility index (Phi) is 5.35. The second kappa shape index (κ2) is 7.85. The minimum Gasteiger partial charge on any atom is -0.356 e. The van der Waals surface area contributed by atoms with Crippen LogP contribution in [-0.4, -0.2) is 19.9 Å². The first-order valence-electron chi connectivity index (χ1n) is 7.86. The van der Waals surface area contributed by atoms with E-state index >= 15 is 0 Å². The van der Waals surface area contributed by atoms with Crippen molar-refractivity contribution in [2.45, 2.75) is 19.5 Å². The van der Waals surface area contributed by atoms with E-state index in [1.54, 1.807) is 17.1 Å². The maximum Gasteiger partial charge on any atom is 0.248 e. The van der Waals surface area contributed by atoms with Crippen LogP contribution in [-0.2, 0) is 6.54 Å². The van der Waals surface area contributed by atoms with Crippen molar-refractivity contribution in [3.63, 3.8) is 0 Å². The molecule has 0 saturated carbocycles. The van der Waals surface area contributed by atoms with Crippen LogP contribution in [0.15, 0.2) is 60.9 Å². The normalized spacial score (nSPS) is 11.8. The van der Waals surface area contributed by atoms with Gasteiger partial charge in [-0.2, -0.15) is 0 Å². The first-order chi connectivity index (χ1) is 12.1. The van der Waals surface area contributed by atoms with Crippen LogP contribution in [0.5, 0.6) is 0 Å². The quantitative estimate of drug-likeness (QED) is 0.686. The van der Waals surface area contributed by atoms with E-state index in [1.165, 1.54) is 12.1 Å². The highest BCUT2D eigenvalue weighted by Crippen LogP contribution is 2.11. The lowest BCUT2D eigenvalue weighted by Gasteiger charge is -2.16. The molecular weight excluding hydrogens is 337 g/mol. The van der Waals surface area contributed by atoms with Crippen molar-refractivity contribution in [3.8, 4) is 0 Å². The standard InChI is InChI=1S/C18H18FN5S/c1-13(15-7-3-2-4-8-15)21-18(25)22-17-20-12-24(23-17)11-14-6-5-9-16(19)10-14/h2-10,12-13H,11H2,1H3,(H2,21,22,23,25). The van der Waals surface area contributed by atoms with E-state index in [4.69, 9.17) is 12.2 Å². The van der Waals surface area contributed by atoms with Crippen LogP contribution in [0.1, 0.15) is 24.1 Å². The average molecular weight is 355 g/mol. The van der Waals surface area contributed by atoms with Crippen molar-refractivity contribution >= 4 is 23.3 Å². The van der Waals surface area contributed by atoms with Crippen LogP contribution in [0.25, 0.3) is 0 Å². The molecule has 3 rings (SSSR count). The third-order valence-corrected chi connectivity index (χ3v) is 3.86. The summed E-state index contributed by atoms with van der Waals surface area (Å²) in [6.07, 6.45) is 1.58. The smallest absolute Gasteiger partial charge is 0.248 e. The van der Waals surface area contributed by atoms with E-state index in [2.05, 4.69) is 20.7 Å². The highest BCUT2D eigenvalue weighted by Gasteiger charge is 2.08. The molecule has 0 amide bonds. The van der Waals surface area contributed by atoms with Crippen LogP contribution in [0.3, 0.4) is 0 Å². The highest BCUT2D eigenvalue weighted by atomic mass is 32.1. The van der Waals surface area contributed by atoms with Crippen LogP contribution >= 0.6 is 12.2 Å². The number of thiocarbonyl (C=S) groups is 1. The summed E-state index contributed by atoms with van der Waals surface area (Å²) in [4.78, 5) is 4.17. The molecule has 0 radical (unpaired) electrons. The monoisotopic (exact) mass is 355 g/mol. The van der Waals surface area contributed by atoms with E-state index in [0.717, 1.165) is 11.1 Å². The van der Waals surface area contributed by atoms with Crippen LogP contribution < -0.4 is 10.6 Å². The average Bonchev–Trinajstić information content (AvgIpc) is 3.02. The van der Waals surface area contributed by atoms with Gasteiger partial charge >= 0.3 is 0 Å². The third kappa shape index (κ3) is 4.84. The summed E-state index contributed by atoms with van der Waals surface area (Å²) in [5.41, 5.74) is 1.95. The molecule has 1 unspecified atom stereocenters. The largest absolute Gasteiger partial charge is 0.356 e. The van der Waals surface area contributed by atoms with Crippen LogP contribution in [0, 0.1) is 5.82 Å². The van der Waals surface area contributed by atoms with Crippen LogP contribution in [0.2, 0.25) is 0 Å². The van der Waals surface area contributed by atoms with Gasteiger partial charge in [-0.05, 0) is 42.4 Å². The summed E-state index contributed by atoms with van der Waals surface area (Å²) in [5.74, 6) is 0.130. The van der Waals surface area contributed by atoms with Gasteiger partial charge in [-0.25, -0.2) is 14.1 Å². The molecule has 1 atom stereocenters. The molecule has 0 bridgehead atoms. The minimum absolute atomic E-state index is 0.0654. The molecular formula is C18H18FN5S. The van der Waals surface area contributed by atoms with Crippen molar-refractivity contribution in [1.29, 1.82) is 0 Å². The molecule has 1 aromatic heterocycles. The molecule has 0 aliphatic carbocycles. The lowest BCUT2D eigenvalue weighted by Crippen LogP contribution is -2.31.